The van der Waals surface area contributed by atoms with Gasteiger partial charge in [0.25, 0.3) is 0 Å². The van der Waals surface area contributed by atoms with Crippen LogP contribution in [0.1, 0.15) is 74.7 Å². The second kappa shape index (κ2) is 11.9. The summed E-state index contributed by atoms with van der Waals surface area (Å²) in [7, 11) is 0. The summed E-state index contributed by atoms with van der Waals surface area (Å²) in [5, 5.41) is 0. The van der Waals surface area contributed by atoms with E-state index in [4.69, 9.17) is 22.3 Å². The van der Waals surface area contributed by atoms with Gasteiger partial charge in [-0.2, -0.15) is 0 Å². The molecule has 0 aliphatic carbocycles. The Labute approximate surface area is 178 Å². The van der Waals surface area contributed by atoms with Crippen molar-refractivity contribution in [2.45, 2.75) is 74.7 Å². The summed E-state index contributed by atoms with van der Waals surface area (Å²) in [4.78, 5) is 24.6. The minimum atomic E-state index is -0.609. The molecule has 0 aliphatic rings. The van der Waals surface area contributed by atoms with Gasteiger partial charge in [0.2, 0.25) is 0 Å². The number of terminal acetylenes is 2. The van der Waals surface area contributed by atoms with Gasteiger partial charge in [0, 0.05) is 11.8 Å². The fraction of sp³-hybridized carbons (Fsp3) is 0.760. The van der Waals surface area contributed by atoms with Gasteiger partial charge in [0.1, 0.15) is 0 Å². The fourth-order valence-corrected chi connectivity index (χ4v) is 3.49. The van der Waals surface area contributed by atoms with E-state index in [1.165, 1.54) is 0 Å². The molecule has 0 aromatic heterocycles. The Morgan fingerprint density at radius 1 is 0.897 bits per heavy atom. The highest BCUT2D eigenvalue weighted by atomic mass is 16.5. The van der Waals surface area contributed by atoms with Gasteiger partial charge in [0.15, 0.2) is 0 Å². The molecule has 0 saturated heterocycles. The molecule has 0 heterocycles. The lowest BCUT2D eigenvalue weighted by molar-refractivity contribution is -0.156. The molecule has 0 fully saturated rings. The van der Waals surface area contributed by atoms with Crippen LogP contribution < -0.4 is 0 Å². The predicted octanol–water partition coefficient (Wildman–Crippen LogP) is 5.11. The van der Waals surface area contributed by atoms with Crippen LogP contribution in [0.4, 0.5) is 0 Å². The largest absolute Gasteiger partial charge is 0.465 e. The zero-order chi connectivity index (χ0) is 22.8. The van der Waals surface area contributed by atoms with Crippen molar-refractivity contribution < 1.29 is 19.1 Å². The maximum atomic E-state index is 12.4. The number of hydrogen-bond donors (Lipinski definition) is 0. The summed E-state index contributed by atoms with van der Waals surface area (Å²) in [5.41, 5.74) is -0.825. The van der Waals surface area contributed by atoms with Crippen molar-refractivity contribution in [2.75, 3.05) is 13.2 Å². The Balaban J connectivity index is 4.48. The highest BCUT2D eigenvalue weighted by Crippen LogP contribution is 2.29. The standard InChI is InChI=1S/C25H40O4/c1-11-18(3)13-21(6)22(26)29-17-24(7,8)14-20(5)16-28-23(27)25(9,10)15-19(4)12-2/h1-2,18-21H,13-17H2,3-10H3. The number of esters is 2. The summed E-state index contributed by atoms with van der Waals surface area (Å²) in [6.07, 6.45) is 12.8. The maximum absolute atomic E-state index is 12.4. The molecule has 164 valence electrons. The van der Waals surface area contributed by atoms with Crippen LogP contribution in [0.2, 0.25) is 0 Å². The summed E-state index contributed by atoms with van der Waals surface area (Å²) in [5.74, 6) is 4.84. The lowest BCUT2D eigenvalue weighted by Gasteiger charge is -2.29. The Kier molecular flexibility index (Phi) is 11.1. The average molecular weight is 405 g/mol. The average Bonchev–Trinajstić information content (AvgIpc) is 2.62. The molecule has 0 spiro atoms. The van der Waals surface area contributed by atoms with Crippen molar-refractivity contribution in [1.29, 1.82) is 0 Å². The van der Waals surface area contributed by atoms with Crippen LogP contribution in [-0.2, 0) is 19.1 Å². The summed E-state index contributed by atoms with van der Waals surface area (Å²) >= 11 is 0. The van der Waals surface area contributed by atoms with E-state index in [0.29, 0.717) is 26.1 Å². The molecule has 4 atom stereocenters. The zero-order valence-corrected chi connectivity index (χ0v) is 19.6. The Morgan fingerprint density at radius 3 is 1.97 bits per heavy atom. The van der Waals surface area contributed by atoms with E-state index in [-0.39, 0.29) is 41.0 Å². The number of hydrogen-bond acceptors (Lipinski definition) is 4. The van der Waals surface area contributed by atoms with Gasteiger partial charge in [-0.25, -0.2) is 0 Å². The summed E-state index contributed by atoms with van der Waals surface area (Å²) in [6.45, 7) is 16.2. The monoisotopic (exact) mass is 404 g/mol. The van der Waals surface area contributed by atoms with Crippen molar-refractivity contribution in [3.05, 3.63) is 0 Å². The smallest absolute Gasteiger partial charge is 0.311 e. The maximum Gasteiger partial charge on any atom is 0.311 e. The first-order valence-electron chi connectivity index (χ1n) is 10.5. The first kappa shape index (κ1) is 27.1. The van der Waals surface area contributed by atoms with Crippen LogP contribution in [0.5, 0.6) is 0 Å². The zero-order valence-electron chi connectivity index (χ0n) is 19.6. The van der Waals surface area contributed by atoms with Gasteiger partial charge in [-0.05, 0) is 44.4 Å². The van der Waals surface area contributed by atoms with Crippen LogP contribution in [0, 0.1) is 59.2 Å². The first-order chi connectivity index (χ1) is 13.2. The summed E-state index contributed by atoms with van der Waals surface area (Å²) in [6, 6.07) is 0. The molecule has 0 bridgehead atoms. The van der Waals surface area contributed by atoms with E-state index in [0.717, 1.165) is 6.42 Å². The molecule has 4 unspecified atom stereocenters. The van der Waals surface area contributed by atoms with Crippen LogP contribution in [-0.4, -0.2) is 25.2 Å². The van der Waals surface area contributed by atoms with E-state index >= 15 is 0 Å². The van der Waals surface area contributed by atoms with Crippen molar-refractivity contribution in [3.8, 4) is 24.7 Å². The molecule has 0 amide bonds. The Hall–Kier alpha value is -1.94. The number of carbonyl (C=O) groups is 2. The molecule has 0 aromatic rings. The molecule has 0 N–H and O–H groups in total. The lowest BCUT2D eigenvalue weighted by Crippen LogP contribution is -2.31. The number of ether oxygens (including phenoxy) is 2. The van der Waals surface area contributed by atoms with E-state index in [2.05, 4.69) is 11.8 Å². The topological polar surface area (TPSA) is 52.6 Å². The van der Waals surface area contributed by atoms with E-state index < -0.39 is 5.41 Å². The quantitative estimate of drug-likeness (QED) is 0.335. The highest BCUT2D eigenvalue weighted by molar-refractivity contribution is 5.76. The Morgan fingerprint density at radius 2 is 1.45 bits per heavy atom. The SMILES string of the molecule is C#CC(C)CC(C)C(=O)OCC(C)(C)CC(C)COC(=O)C(C)(C)CC(C)C#C. The highest BCUT2D eigenvalue weighted by Gasteiger charge is 2.32. The predicted molar refractivity (Wildman–Crippen MR) is 118 cm³/mol. The normalized spacial score (nSPS) is 15.9. The van der Waals surface area contributed by atoms with E-state index in [1.807, 2.05) is 55.4 Å². The molecule has 4 heteroatoms. The number of carbonyl (C=O) groups excluding carboxylic acids is 2. The fourth-order valence-electron chi connectivity index (χ4n) is 3.49. The van der Waals surface area contributed by atoms with Gasteiger partial charge in [0.05, 0.1) is 24.5 Å². The summed E-state index contributed by atoms with van der Waals surface area (Å²) < 4.78 is 11.1. The second-order valence-electron chi connectivity index (χ2n) is 10.0. The van der Waals surface area contributed by atoms with Gasteiger partial charge < -0.3 is 9.47 Å². The molecule has 0 radical (unpaired) electrons. The molecule has 29 heavy (non-hydrogen) atoms. The van der Waals surface area contributed by atoms with Gasteiger partial charge >= 0.3 is 11.9 Å². The third kappa shape index (κ3) is 11.0. The van der Waals surface area contributed by atoms with Crippen molar-refractivity contribution in [2.24, 2.45) is 34.5 Å². The van der Waals surface area contributed by atoms with Crippen molar-refractivity contribution >= 4 is 11.9 Å². The van der Waals surface area contributed by atoms with E-state index in [1.54, 1.807) is 0 Å². The van der Waals surface area contributed by atoms with Crippen LogP contribution in [0.25, 0.3) is 0 Å². The third-order valence-electron chi connectivity index (χ3n) is 5.05. The van der Waals surface area contributed by atoms with Gasteiger partial charge in [-0.1, -0.05) is 41.5 Å². The van der Waals surface area contributed by atoms with E-state index in [9.17, 15) is 9.59 Å². The molecular formula is C25H40O4. The molecule has 4 nitrogen and oxygen atoms in total. The van der Waals surface area contributed by atoms with Crippen molar-refractivity contribution in [1.82, 2.24) is 0 Å². The minimum absolute atomic E-state index is 0.0228. The lowest BCUT2D eigenvalue weighted by atomic mass is 9.83. The minimum Gasteiger partial charge on any atom is -0.465 e. The van der Waals surface area contributed by atoms with Crippen LogP contribution >= 0.6 is 0 Å². The molecule has 0 aliphatic heterocycles. The molecule has 0 rings (SSSR count). The van der Waals surface area contributed by atoms with Crippen molar-refractivity contribution in [3.63, 3.8) is 0 Å². The van der Waals surface area contributed by atoms with Gasteiger partial charge in [-0.15, -0.1) is 24.7 Å². The second-order valence-corrected chi connectivity index (χ2v) is 10.0. The third-order valence-corrected chi connectivity index (χ3v) is 5.05. The molecule has 0 saturated carbocycles. The molecular weight excluding hydrogens is 364 g/mol. The molecule has 0 aromatic carbocycles. The number of rotatable bonds is 12. The van der Waals surface area contributed by atoms with Crippen LogP contribution in [0.3, 0.4) is 0 Å². The Bertz CT molecular complexity index is 618. The first-order valence-corrected chi connectivity index (χ1v) is 10.5. The van der Waals surface area contributed by atoms with Gasteiger partial charge in [-0.3, -0.25) is 9.59 Å². The van der Waals surface area contributed by atoms with Crippen LogP contribution in [0.15, 0.2) is 0 Å².